The first-order valence-corrected chi connectivity index (χ1v) is 4.68. The predicted molar refractivity (Wildman–Crippen MR) is 52.2 cm³/mol. The summed E-state index contributed by atoms with van der Waals surface area (Å²) in [5.41, 5.74) is 5.99. The fraction of sp³-hybridized carbons (Fsp3) is 0.400. The average Bonchev–Trinajstić information content (AvgIpc) is 2.96. The lowest BCUT2D eigenvalue weighted by Crippen LogP contribution is -2.42. The van der Waals surface area contributed by atoms with Crippen LogP contribution >= 0.6 is 0 Å². The van der Waals surface area contributed by atoms with Gasteiger partial charge in [0, 0.05) is 6.20 Å². The van der Waals surface area contributed by atoms with Gasteiger partial charge in [-0.05, 0) is 25.0 Å². The van der Waals surface area contributed by atoms with E-state index in [4.69, 9.17) is 5.73 Å². The summed E-state index contributed by atoms with van der Waals surface area (Å²) in [7, 11) is 0. The molecule has 0 atom stereocenters. The van der Waals surface area contributed by atoms with Gasteiger partial charge in [0.05, 0.1) is 17.8 Å². The first-order valence-electron chi connectivity index (χ1n) is 4.68. The van der Waals surface area contributed by atoms with Crippen molar-refractivity contribution >= 4 is 5.91 Å². The Balaban J connectivity index is 1.86. The molecule has 4 nitrogen and oxygen atoms in total. The molecule has 1 saturated carbocycles. The summed E-state index contributed by atoms with van der Waals surface area (Å²) in [4.78, 5) is 15.5. The normalized spacial score (nSPS) is 17.5. The van der Waals surface area contributed by atoms with Crippen molar-refractivity contribution in [2.45, 2.75) is 24.9 Å². The van der Waals surface area contributed by atoms with Gasteiger partial charge in [-0.15, -0.1) is 0 Å². The van der Waals surface area contributed by atoms with E-state index < -0.39 is 5.54 Å². The molecule has 0 saturated heterocycles. The molecule has 3 N–H and O–H groups in total. The predicted octanol–water partition coefficient (Wildman–Crippen LogP) is 0.189. The van der Waals surface area contributed by atoms with Crippen molar-refractivity contribution in [2.24, 2.45) is 5.73 Å². The topological polar surface area (TPSA) is 68.0 Å². The van der Waals surface area contributed by atoms with E-state index in [1.54, 1.807) is 6.20 Å². The Kier molecular flexibility index (Phi) is 2.21. The van der Waals surface area contributed by atoms with Crippen molar-refractivity contribution in [2.75, 3.05) is 0 Å². The molecule has 14 heavy (non-hydrogen) atoms. The molecule has 1 aliphatic carbocycles. The minimum atomic E-state index is -0.589. The van der Waals surface area contributed by atoms with Crippen molar-refractivity contribution in [3.63, 3.8) is 0 Å². The number of rotatable bonds is 3. The summed E-state index contributed by atoms with van der Waals surface area (Å²) in [6, 6.07) is 5.61. The number of nitrogens with zero attached hydrogens (tertiary/aromatic N) is 1. The number of carbonyl (C=O) groups excluding carboxylic acids is 1. The second-order valence-corrected chi connectivity index (χ2v) is 3.66. The molecule has 4 heteroatoms. The molecule has 1 aliphatic rings. The standard InChI is InChI=1S/C10H13N3O/c11-10(4-5-10)9(14)13-7-8-3-1-2-6-12-8/h1-3,6H,4-5,7,11H2,(H,13,14). The number of pyridine rings is 1. The SMILES string of the molecule is NC1(C(=O)NCc2ccccn2)CC1. The van der Waals surface area contributed by atoms with Gasteiger partial charge in [0.1, 0.15) is 0 Å². The number of carbonyl (C=O) groups is 1. The van der Waals surface area contributed by atoms with Gasteiger partial charge in [0.25, 0.3) is 0 Å². The van der Waals surface area contributed by atoms with Crippen LogP contribution in [0.2, 0.25) is 0 Å². The lowest BCUT2D eigenvalue weighted by atomic mass is 10.2. The van der Waals surface area contributed by atoms with Crippen molar-refractivity contribution in [1.82, 2.24) is 10.3 Å². The van der Waals surface area contributed by atoms with Crippen molar-refractivity contribution in [3.8, 4) is 0 Å². The summed E-state index contributed by atoms with van der Waals surface area (Å²) in [6.07, 6.45) is 3.29. The lowest BCUT2D eigenvalue weighted by molar-refractivity contribution is -0.123. The lowest BCUT2D eigenvalue weighted by Gasteiger charge is -2.08. The first kappa shape index (κ1) is 9.15. The smallest absolute Gasteiger partial charge is 0.240 e. The van der Waals surface area contributed by atoms with E-state index in [1.807, 2.05) is 18.2 Å². The number of nitrogens with one attached hydrogen (secondary N) is 1. The van der Waals surface area contributed by atoms with Gasteiger partial charge in [-0.25, -0.2) is 0 Å². The summed E-state index contributed by atoms with van der Waals surface area (Å²) >= 11 is 0. The fourth-order valence-corrected chi connectivity index (χ4v) is 1.21. The van der Waals surface area contributed by atoms with Gasteiger partial charge in [0.2, 0.25) is 5.91 Å². The van der Waals surface area contributed by atoms with Crippen LogP contribution in [0.4, 0.5) is 0 Å². The van der Waals surface area contributed by atoms with E-state index >= 15 is 0 Å². The number of hydrogen-bond acceptors (Lipinski definition) is 3. The summed E-state index contributed by atoms with van der Waals surface area (Å²) < 4.78 is 0. The Morgan fingerprint density at radius 3 is 2.93 bits per heavy atom. The molecular formula is C10H13N3O. The van der Waals surface area contributed by atoms with E-state index in [1.165, 1.54) is 0 Å². The highest BCUT2D eigenvalue weighted by Gasteiger charge is 2.45. The van der Waals surface area contributed by atoms with E-state index in [-0.39, 0.29) is 5.91 Å². The monoisotopic (exact) mass is 191 g/mol. The molecule has 1 heterocycles. The molecule has 1 aromatic heterocycles. The average molecular weight is 191 g/mol. The molecule has 2 rings (SSSR count). The largest absolute Gasteiger partial charge is 0.349 e. The Hall–Kier alpha value is -1.42. The van der Waals surface area contributed by atoms with Crippen molar-refractivity contribution < 1.29 is 4.79 Å². The molecule has 0 aromatic carbocycles. The second kappa shape index (κ2) is 3.38. The molecule has 0 spiro atoms. The Labute approximate surface area is 82.5 Å². The molecule has 0 bridgehead atoms. The first-order chi connectivity index (χ1) is 6.71. The minimum absolute atomic E-state index is 0.0665. The quantitative estimate of drug-likeness (QED) is 0.716. The highest BCUT2D eigenvalue weighted by Crippen LogP contribution is 2.32. The zero-order valence-electron chi connectivity index (χ0n) is 7.86. The maximum Gasteiger partial charge on any atom is 0.240 e. The van der Waals surface area contributed by atoms with Gasteiger partial charge in [-0.3, -0.25) is 9.78 Å². The summed E-state index contributed by atoms with van der Waals surface area (Å²) in [6.45, 7) is 0.457. The summed E-state index contributed by atoms with van der Waals surface area (Å²) in [5.74, 6) is -0.0665. The van der Waals surface area contributed by atoms with Crippen LogP contribution in [0.5, 0.6) is 0 Å². The zero-order valence-corrected chi connectivity index (χ0v) is 7.86. The van der Waals surface area contributed by atoms with Gasteiger partial charge < -0.3 is 11.1 Å². The van der Waals surface area contributed by atoms with Gasteiger partial charge in [0.15, 0.2) is 0 Å². The Morgan fingerprint density at radius 1 is 1.57 bits per heavy atom. The minimum Gasteiger partial charge on any atom is -0.349 e. The number of amides is 1. The van der Waals surface area contributed by atoms with E-state index in [0.29, 0.717) is 6.54 Å². The molecule has 0 unspecified atom stereocenters. The van der Waals surface area contributed by atoms with Crippen LogP contribution in [0.1, 0.15) is 18.5 Å². The highest BCUT2D eigenvalue weighted by molar-refractivity contribution is 5.88. The third kappa shape index (κ3) is 1.90. The Morgan fingerprint density at radius 2 is 2.36 bits per heavy atom. The number of hydrogen-bond donors (Lipinski definition) is 2. The highest BCUT2D eigenvalue weighted by atomic mass is 16.2. The molecule has 1 aromatic rings. The van der Waals surface area contributed by atoms with Gasteiger partial charge in [-0.2, -0.15) is 0 Å². The maximum atomic E-state index is 11.4. The molecule has 74 valence electrons. The van der Waals surface area contributed by atoms with Crippen molar-refractivity contribution in [3.05, 3.63) is 30.1 Å². The molecule has 0 aliphatic heterocycles. The molecule has 1 amide bonds. The van der Waals surface area contributed by atoms with Gasteiger partial charge >= 0.3 is 0 Å². The fourth-order valence-electron chi connectivity index (χ4n) is 1.21. The number of aromatic nitrogens is 1. The van der Waals surface area contributed by atoms with Crippen LogP contribution in [-0.2, 0) is 11.3 Å². The molecule has 0 radical (unpaired) electrons. The molecule has 1 fully saturated rings. The summed E-state index contributed by atoms with van der Waals surface area (Å²) in [5, 5.41) is 2.77. The van der Waals surface area contributed by atoms with Crippen LogP contribution in [-0.4, -0.2) is 16.4 Å². The van der Waals surface area contributed by atoms with Crippen molar-refractivity contribution in [1.29, 1.82) is 0 Å². The van der Waals surface area contributed by atoms with E-state index in [9.17, 15) is 4.79 Å². The van der Waals surface area contributed by atoms with Crippen LogP contribution in [0.3, 0.4) is 0 Å². The van der Waals surface area contributed by atoms with Crippen LogP contribution in [0.15, 0.2) is 24.4 Å². The van der Waals surface area contributed by atoms with E-state index in [0.717, 1.165) is 18.5 Å². The van der Waals surface area contributed by atoms with Crippen LogP contribution in [0.25, 0.3) is 0 Å². The molecular weight excluding hydrogens is 178 g/mol. The third-order valence-corrected chi connectivity index (χ3v) is 2.40. The van der Waals surface area contributed by atoms with Crippen LogP contribution < -0.4 is 11.1 Å². The van der Waals surface area contributed by atoms with Crippen LogP contribution in [0, 0.1) is 0 Å². The maximum absolute atomic E-state index is 11.4. The number of nitrogens with two attached hydrogens (primary N) is 1. The second-order valence-electron chi connectivity index (χ2n) is 3.66. The van der Waals surface area contributed by atoms with E-state index in [2.05, 4.69) is 10.3 Å². The zero-order chi connectivity index (χ0) is 10.0. The van der Waals surface area contributed by atoms with Gasteiger partial charge in [-0.1, -0.05) is 6.07 Å². The third-order valence-electron chi connectivity index (χ3n) is 2.40. The Bertz CT molecular complexity index is 332.